The van der Waals surface area contributed by atoms with Crippen LogP contribution >= 0.6 is 57.4 Å². The van der Waals surface area contributed by atoms with Crippen molar-refractivity contribution in [3.05, 3.63) is 65.9 Å². The third kappa shape index (κ3) is 7.77. The van der Waals surface area contributed by atoms with Crippen molar-refractivity contribution in [3.8, 4) is 17.6 Å². The Hall–Kier alpha value is -2.97. The molecule has 2 aromatic rings. The molecule has 0 fully saturated rings. The van der Waals surface area contributed by atoms with Gasteiger partial charge in [-0.15, -0.1) is 0 Å². The Morgan fingerprint density at radius 1 is 1.24 bits per heavy atom. The topological polar surface area (TPSA) is 134 Å². The number of benzene rings is 2. The zero-order valence-electron chi connectivity index (χ0n) is 20.3. The molecule has 3 N–H and O–H groups in total. The molecule has 13 heteroatoms. The van der Waals surface area contributed by atoms with Crippen molar-refractivity contribution >= 4 is 80.6 Å². The summed E-state index contributed by atoms with van der Waals surface area (Å²) >= 11 is 9.52. The van der Waals surface area contributed by atoms with Gasteiger partial charge in [-0.3, -0.25) is 4.79 Å². The zero-order valence-corrected chi connectivity index (χ0v) is 25.5. The van der Waals surface area contributed by atoms with Gasteiger partial charge in [-0.05, 0) is 95.0 Å². The highest BCUT2D eigenvalue weighted by atomic mass is 127. The van der Waals surface area contributed by atoms with Crippen LogP contribution in [-0.4, -0.2) is 43.0 Å². The van der Waals surface area contributed by atoms with Gasteiger partial charge in [0.25, 0.3) is 5.91 Å². The van der Waals surface area contributed by atoms with Gasteiger partial charge in [-0.1, -0.05) is 18.2 Å². The molecular formula is C25H23I2N5O5S. The van der Waals surface area contributed by atoms with E-state index >= 15 is 0 Å². The summed E-state index contributed by atoms with van der Waals surface area (Å²) in [6.45, 7) is 3.35. The number of thiocarbonyl (C=S) groups is 1. The monoisotopic (exact) mass is 759 g/mol. The molecule has 198 valence electrons. The van der Waals surface area contributed by atoms with Gasteiger partial charge in [0.2, 0.25) is 0 Å². The SMILES string of the molecule is CCOC(=O)C1=C(C)NC(=S)N[C@H]1c1ccccc1OCC(=O)NN=Cc1cc(I)c(OCC#N)c(I)c1. The average molecular weight is 759 g/mol. The largest absolute Gasteiger partial charge is 0.483 e. The second-order valence-electron chi connectivity index (χ2n) is 7.67. The van der Waals surface area contributed by atoms with Crippen molar-refractivity contribution < 1.29 is 23.8 Å². The van der Waals surface area contributed by atoms with Gasteiger partial charge in [0.1, 0.15) is 17.6 Å². The molecule has 0 aromatic heterocycles. The third-order valence-electron chi connectivity index (χ3n) is 5.06. The molecular weight excluding hydrogens is 736 g/mol. The van der Waals surface area contributed by atoms with E-state index < -0.39 is 17.9 Å². The Morgan fingerprint density at radius 3 is 2.63 bits per heavy atom. The first kappa shape index (κ1) is 29.6. The lowest BCUT2D eigenvalue weighted by Crippen LogP contribution is -2.45. The average Bonchev–Trinajstić information content (AvgIpc) is 2.87. The van der Waals surface area contributed by atoms with Crippen LogP contribution in [0.5, 0.6) is 11.5 Å². The van der Waals surface area contributed by atoms with E-state index in [0.717, 1.165) is 12.7 Å². The summed E-state index contributed by atoms with van der Waals surface area (Å²) in [4.78, 5) is 25.1. The molecule has 0 spiro atoms. The predicted molar refractivity (Wildman–Crippen MR) is 162 cm³/mol. The Balaban J connectivity index is 1.68. The molecule has 1 aliphatic rings. The fourth-order valence-electron chi connectivity index (χ4n) is 3.51. The van der Waals surface area contributed by atoms with Crippen LogP contribution in [0.1, 0.15) is 31.0 Å². The molecule has 0 unspecified atom stereocenters. The van der Waals surface area contributed by atoms with Gasteiger partial charge in [0, 0.05) is 11.3 Å². The molecule has 10 nitrogen and oxygen atoms in total. The van der Waals surface area contributed by atoms with Crippen LogP contribution in [-0.2, 0) is 14.3 Å². The number of carbonyl (C=O) groups excluding carboxylic acids is 2. The van der Waals surface area contributed by atoms with Gasteiger partial charge in [-0.2, -0.15) is 10.4 Å². The number of ether oxygens (including phenoxy) is 3. The first-order chi connectivity index (χ1) is 18.2. The number of hydrogen-bond acceptors (Lipinski definition) is 8. The van der Waals surface area contributed by atoms with E-state index in [2.05, 4.69) is 66.3 Å². The number of allylic oxidation sites excluding steroid dienone is 1. The van der Waals surface area contributed by atoms with Crippen molar-refractivity contribution in [2.75, 3.05) is 19.8 Å². The van der Waals surface area contributed by atoms with Crippen LogP contribution in [0.2, 0.25) is 0 Å². The van der Waals surface area contributed by atoms with Crippen LogP contribution in [0, 0.1) is 18.5 Å². The second kappa shape index (κ2) is 14.3. The number of nitriles is 1. The number of para-hydroxylation sites is 1. The molecule has 3 rings (SSSR count). The number of nitrogens with zero attached hydrogens (tertiary/aromatic N) is 2. The minimum atomic E-state index is -0.620. The molecule has 0 bridgehead atoms. The number of halogens is 2. The standard InChI is InChI=1S/C25H23I2N5O5S/c1-3-35-24(34)21-14(2)30-25(38)31-22(21)16-6-4-5-7-19(16)37-13-20(33)32-29-12-15-10-17(26)23(18(27)11-15)36-9-8-28/h4-7,10-12,22H,3,9,13H2,1-2H3,(H,32,33)(H2,30,31,38)/t22-/m0/s1. The second-order valence-corrected chi connectivity index (χ2v) is 10.4. The lowest BCUT2D eigenvalue weighted by atomic mass is 9.95. The number of carbonyl (C=O) groups is 2. The highest BCUT2D eigenvalue weighted by molar-refractivity contribution is 14.1. The highest BCUT2D eigenvalue weighted by Crippen LogP contribution is 2.33. The Bertz CT molecular complexity index is 1320. The van der Waals surface area contributed by atoms with Crippen molar-refractivity contribution in [3.63, 3.8) is 0 Å². The molecule has 0 aliphatic carbocycles. The quantitative estimate of drug-likeness (QED) is 0.109. The summed E-state index contributed by atoms with van der Waals surface area (Å²) < 4.78 is 18.1. The van der Waals surface area contributed by atoms with Crippen LogP contribution in [0.3, 0.4) is 0 Å². The molecule has 1 aliphatic heterocycles. The van der Waals surface area contributed by atoms with Crippen LogP contribution < -0.4 is 25.5 Å². The van der Waals surface area contributed by atoms with Crippen molar-refractivity contribution in [2.45, 2.75) is 19.9 Å². The first-order valence-corrected chi connectivity index (χ1v) is 13.8. The molecule has 1 heterocycles. The molecule has 38 heavy (non-hydrogen) atoms. The van der Waals surface area contributed by atoms with E-state index in [1.165, 1.54) is 6.21 Å². The van der Waals surface area contributed by atoms with Crippen LogP contribution in [0.15, 0.2) is 52.8 Å². The summed E-state index contributed by atoms with van der Waals surface area (Å²) in [5, 5.41) is 19.1. The number of hydrogen-bond donors (Lipinski definition) is 3. The smallest absolute Gasteiger partial charge is 0.338 e. The fourth-order valence-corrected chi connectivity index (χ4v) is 5.91. The predicted octanol–water partition coefficient (Wildman–Crippen LogP) is 3.68. The maximum absolute atomic E-state index is 12.7. The third-order valence-corrected chi connectivity index (χ3v) is 6.88. The maximum Gasteiger partial charge on any atom is 0.338 e. The van der Waals surface area contributed by atoms with E-state index in [1.54, 1.807) is 38.1 Å². The first-order valence-electron chi connectivity index (χ1n) is 11.2. The van der Waals surface area contributed by atoms with Crippen LogP contribution in [0.4, 0.5) is 0 Å². The summed E-state index contributed by atoms with van der Waals surface area (Å²) in [7, 11) is 0. The summed E-state index contributed by atoms with van der Waals surface area (Å²) in [6, 6.07) is 12.0. The summed E-state index contributed by atoms with van der Waals surface area (Å²) in [5.41, 5.74) is 4.76. The minimum Gasteiger partial charge on any atom is -0.483 e. The van der Waals surface area contributed by atoms with Gasteiger partial charge >= 0.3 is 5.97 Å². The van der Waals surface area contributed by atoms with Gasteiger partial charge in [0.05, 0.1) is 31.6 Å². The van der Waals surface area contributed by atoms with Crippen molar-refractivity contribution in [2.24, 2.45) is 5.10 Å². The maximum atomic E-state index is 12.7. The molecule has 2 aromatic carbocycles. The number of amides is 1. The van der Waals surface area contributed by atoms with Crippen molar-refractivity contribution in [1.29, 1.82) is 5.26 Å². The fraction of sp³-hybridized carbons (Fsp3) is 0.240. The number of esters is 1. The van der Waals surface area contributed by atoms with E-state index in [0.29, 0.717) is 33.4 Å². The lowest BCUT2D eigenvalue weighted by Gasteiger charge is -2.30. The lowest BCUT2D eigenvalue weighted by molar-refractivity contribution is -0.139. The van der Waals surface area contributed by atoms with Gasteiger partial charge in [0.15, 0.2) is 18.3 Å². The zero-order chi connectivity index (χ0) is 27.7. The number of nitrogens with one attached hydrogen (secondary N) is 3. The van der Waals surface area contributed by atoms with Gasteiger partial charge in [-0.25, -0.2) is 10.2 Å². The van der Waals surface area contributed by atoms with Crippen molar-refractivity contribution in [1.82, 2.24) is 16.1 Å². The molecule has 0 radical (unpaired) electrons. The highest BCUT2D eigenvalue weighted by Gasteiger charge is 2.32. The Morgan fingerprint density at radius 2 is 1.95 bits per heavy atom. The van der Waals surface area contributed by atoms with E-state index in [4.69, 9.17) is 31.7 Å². The Kier molecular flexibility index (Phi) is 11.1. The van der Waals surface area contributed by atoms with E-state index in [9.17, 15) is 9.59 Å². The molecule has 0 saturated heterocycles. The number of rotatable bonds is 10. The Labute approximate surface area is 252 Å². The van der Waals surface area contributed by atoms with Crippen LogP contribution in [0.25, 0.3) is 0 Å². The molecule has 1 amide bonds. The summed E-state index contributed by atoms with van der Waals surface area (Å²) in [6.07, 6.45) is 1.50. The number of hydrazone groups is 1. The molecule has 0 saturated carbocycles. The molecule has 1 atom stereocenters. The minimum absolute atomic E-state index is 0.0426. The normalized spacial score (nSPS) is 14.8. The van der Waals surface area contributed by atoms with E-state index in [-0.39, 0.29) is 19.8 Å². The summed E-state index contributed by atoms with van der Waals surface area (Å²) in [5.74, 6) is 0.0792. The van der Waals surface area contributed by atoms with Gasteiger partial charge < -0.3 is 24.8 Å². The van der Waals surface area contributed by atoms with E-state index in [1.807, 2.05) is 18.2 Å².